The summed E-state index contributed by atoms with van der Waals surface area (Å²) in [6.45, 7) is 0.0262. The number of carbonyl (C=O) groups excluding carboxylic acids is 1. The van der Waals surface area contributed by atoms with E-state index in [-0.39, 0.29) is 36.0 Å². The van der Waals surface area contributed by atoms with E-state index in [0.717, 1.165) is 0 Å². The Kier molecular flexibility index (Phi) is 4.58. The molecule has 0 aromatic heterocycles. The van der Waals surface area contributed by atoms with Crippen LogP contribution >= 0.6 is 0 Å². The fraction of sp³-hybridized carbons (Fsp3) is 0.300. The number of nitrogens with one attached hydrogen (secondary N) is 1. The number of amides is 1. The molecule has 0 radical (unpaired) electrons. The van der Waals surface area contributed by atoms with Crippen molar-refractivity contribution in [2.75, 3.05) is 25.6 Å². The smallest absolute Gasteiger partial charge is 0.293 e. The molecule has 0 heterocycles. The van der Waals surface area contributed by atoms with E-state index in [1.165, 1.54) is 30.1 Å². The number of carbonyl (C=O) groups is 1. The van der Waals surface area contributed by atoms with E-state index in [0.29, 0.717) is 0 Å². The summed E-state index contributed by atoms with van der Waals surface area (Å²) in [5.74, 6) is 4.82. The molecule has 1 amide bonds. The van der Waals surface area contributed by atoms with Crippen molar-refractivity contribution < 1.29 is 14.8 Å². The molecule has 8 nitrogen and oxygen atoms in total. The van der Waals surface area contributed by atoms with Gasteiger partial charge in [-0.05, 0) is 12.1 Å². The molecule has 0 saturated carbocycles. The summed E-state index contributed by atoms with van der Waals surface area (Å²) >= 11 is 0. The van der Waals surface area contributed by atoms with Crippen LogP contribution in [0.3, 0.4) is 0 Å². The Balaban J connectivity index is 3.05. The van der Waals surface area contributed by atoms with Crippen LogP contribution in [0.25, 0.3) is 0 Å². The van der Waals surface area contributed by atoms with E-state index in [1.54, 1.807) is 0 Å². The van der Waals surface area contributed by atoms with Crippen molar-refractivity contribution in [2.24, 2.45) is 5.84 Å². The number of rotatable bonds is 5. The second-order valence-electron chi connectivity index (χ2n) is 3.58. The van der Waals surface area contributed by atoms with Crippen molar-refractivity contribution in [2.45, 2.75) is 0 Å². The zero-order valence-corrected chi connectivity index (χ0v) is 9.79. The van der Waals surface area contributed by atoms with Gasteiger partial charge in [0.25, 0.3) is 11.6 Å². The van der Waals surface area contributed by atoms with Crippen LogP contribution in [0.15, 0.2) is 18.2 Å². The van der Waals surface area contributed by atoms with Crippen LogP contribution in [0.1, 0.15) is 10.4 Å². The minimum Gasteiger partial charge on any atom is -0.395 e. The van der Waals surface area contributed by atoms with Gasteiger partial charge < -0.3 is 15.4 Å². The van der Waals surface area contributed by atoms with E-state index in [4.69, 9.17) is 10.9 Å². The minimum absolute atomic E-state index is 0.0586. The summed E-state index contributed by atoms with van der Waals surface area (Å²) in [7, 11) is 1.52. The van der Waals surface area contributed by atoms with Crippen LogP contribution in [0.5, 0.6) is 0 Å². The van der Waals surface area contributed by atoms with Gasteiger partial charge in [0.1, 0.15) is 5.69 Å². The number of aliphatic hydroxyl groups is 1. The normalized spacial score (nSPS) is 9.94. The Morgan fingerprint density at radius 2 is 2.28 bits per heavy atom. The number of nitro benzene ring substituents is 1. The predicted octanol–water partition coefficient (Wildman–Crippen LogP) is -0.0553. The van der Waals surface area contributed by atoms with Gasteiger partial charge >= 0.3 is 0 Å². The molecule has 18 heavy (non-hydrogen) atoms. The van der Waals surface area contributed by atoms with Gasteiger partial charge in [-0.1, -0.05) is 0 Å². The Morgan fingerprint density at radius 1 is 1.61 bits per heavy atom. The molecule has 0 aliphatic carbocycles. The highest BCUT2D eigenvalue weighted by Gasteiger charge is 2.17. The van der Waals surface area contributed by atoms with Crippen molar-refractivity contribution >= 4 is 17.3 Å². The lowest BCUT2D eigenvalue weighted by Gasteiger charge is -2.16. The Labute approximate surface area is 103 Å². The number of anilines is 1. The maximum absolute atomic E-state index is 11.9. The fourth-order valence-corrected chi connectivity index (χ4v) is 1.42. The average molecular weight is 254 g/mol. The molecule has 98 valence electrons. The molecule has 0 unspecified atom stereocenters. The topological polar surface area (TPSA) is 122 Å². The largest absolute Gasteiger partial charge is 0.395 e. The maximum atomic E-state index is 11.9. The van der Waals surface area contributed by atoms with Gasteiger partial charge in [-0.25, -0.2) is 0 Å². The van der Waals surface area contributed by atoms with Gasteiger partial charge in [0.2, 0.25) is 0 Å². The van der Waals surface area contributed by atoms with E-state index < -0.39 is 4.92 Å². The molecule has 1 aromatic rings. The molecule has 8 heteroatoms. The average Bonchev–Trinajstić information content (AvgIpc) is 2.37. The summed E-state index contributed by atoms with van der Waals surface area (Å²) in [4.78, 5) is 23.3. The highest BCUT2D eigenvalue weighted by atomic mass is 16.6. The molecule has 4 N–H and O–H groups in total. The first-order valence-corrected chi connectivity index (χ1v) is 5.12. The quantitative estimate of drug-likeness (QED) is 0.384. The molecule has 0 fully saturated rings. The minimum atomic E-state index is -0.596. The number of nitrogens with zero attached hydrogens (tertiary/aromatic N) is 2. The van der Waals surface area contributed by atoms with Crippen molar-refractivity contribution in [3.8, 4) is 0 Å². The van der Waals surface area contributed by atoms with Crippen LogP contribution in [0.2, 0.25) is 0 Å². The van der Waals surface area contributed by atoms with E-state index in [9.17, 15) is 14.9 Å². The van der Waals surface area contributed by atoms with Gasteiger partial charge in [0.15, 0.2) is 0 Å². The third-order valence-electron chi connectivity index (χ3n) is 2.38. The summed E-state index contributed by atoms with van der Waals surface area (Å²) in [5, 5.41) is 19.4. The molecule has 0 spiro atoms. The summed E-state index contributed by atoms with van der Waals surface area (Å²) in [6.07, 6.45) is 0. The van der Waals surface area contributed by atoms with Gasteiger partial charge in [0.05, 0.1) is 11.5 Å². The number of hydrazine groups is 1. The number of nitrogens with two attached hydrogens (primary N) is 1. The summed E-state index contributed by atoms with van der Waals surface area (Å²) in [6, 6.07) is 3.85. The first-order valence-electron chi connectivity index (χ1n) is 5.12. The Hall–Kier alpha value is -2.19. The second-order valence-corrected chi connectivity index (χ2v) is 3.58. The first kappa shape index (κ1) is 13.9. The molecule has 0 atom stereocenters. The van der Waals surface area contributed by atoms with Crippen LogP contribution in [-0.2, 0) is 0 Å². The van der Waals surface area contributed by atoms with E-state index in [1.807, 2.05) is 0 Å². The fourth-order valence-electron chi connectivity index (χ4n) is 1.42. The molecule has 0 aliphatic rings. The van der Waals surface area contributed by atoms with Gasteiger partial charge in [-0.2, -0.15) is 0 Å². The maximum Gasteiger partial charge on any atom is 0.293 e. The predicted molar refractivity (Wildman–Crippen MR) is 65.0 cm³/mol. The highest BCUT2D eigenvalue weighted by Crippen LogP contribution is 2.24. The zero-order valence-electron chi connectivity index (χ0n) is 9.79. The van der Waals surface area contributed by atoms with E-state index in [2.05, 4.69) is 5.43 Å². The molecular weight excluding hydrogens is 240 g/mol. The zero-order chi connectivity index (χ0) is 13.7. The molecule has 0 aliphatic heterocycles. The highest BCUT2D eigenvalue weighted by molar-refractivity contribution is 5.95. The molecular formula is C10H14N4O4. The lowest BCUT2D eigenvalue weighted by atomic mass is 10.1. The Morgan fingerprint density at radius 3 is 2.78 bits per heavy atom. The van der Waals surface area contributed by atoms with Crippen molar-refractivity contribution in [3.05, 3.63) is 33.9 Å². The lowest BCUT2D eigenvalue weighted by molar-refractivity contribution is -0.384. The van der Waals surface area contributed by atoms with Crippen molar-refractivity contribution in [1.82, 2.24) is 4.90 Å². The van der Waals surface area contributed by atoms with E-state index >= 15 is 0 Å². The lowest BCUT2D eigenvalue weighted by Crippen LogP contribution is -2.29. The van der Waals surface area contributed by atoms with Crippen LogP contribution in [-0.4, -0.2) is 41.0 Å². The summed E-state index contributed by atoms with van der Waals surface area (Å²) in [5.41, 5.74) is 2.28. The van der Waals surface area contributed by atoms with Crippen molar-refractivity contribution in [1.29, 1.82) is 0 Å². The van der Waals surface area contributed by atoms with Crippen molar-refractivity contribution in [3.63, 3.8) is 0 Å². The van der Waals surface area contributed by atoms with Crippen LogP contribution < -0.4 is 11.3 Å². The molecule has 0 saturated heterocycles. The Bertz CT molecular complexity index is 463. The number of benzene rings is 1. The molecule has 1 rings (SSSR count). The van der Waals surface area contributed by atoms with Crippen LogP contribution in [0.4, 0.5) is 11.4 Å². The standard InChI is InChI=1S/C10H14N4O4/c1-13(4-5-15)10(16)7-2-3-9(14(17)18)8(6-7)12-11/h2-3,6,12,15H,4-5,11H2,1H3. The van der Waals surface area contributed by atoms with Gasteiger partial charge in [-0.15, -0.1) is 0 Å². The summed E-state index contributed by atoms with van der Waals surface area (Å²) < 4.78 is 0. The number of hydrogen-bond donors (Lipinski definition) is 3. The number of aliphatic hydroxyl groups excluding tert-OH is 1. The molecule has 0 bridgehead atoms. The number of nitro groups is 1. The van der Waals surface area contributed by atoms with Gasteiger partial charge in [0, 0.05) is 25.2 Å². The number of hydrogen-bond acceptors (Lipinski definition) is 6. The molecule has 1 aromatic carbocycles. The SMILES string of the molecule is CN(CCO)C(=O)c1ccc([N+](=O)[O-])c(NN)c1. The van der Waals surface area contributed by atoms with Gasteiger partial charge in [-0.3, -0.25) is 20.8 Å². The first-order chi connectivity index (χ1) is 8.51. The third kappa shape index (κ3) is 2.93. The number of nitrogen functional groups attached to an aromatic ring is 1. The third-order valence-corrected chi connectivity index (χ3v) is 2.38. The number of likely N-dealkylation sites (N-methyl/N-ethyl adjacent to an activating group) is 1. The second kappa shape index (κ2) is 5.94. The van der Waals surface area contributed by atoms with Crippen LogP contribution in [0, 0.1) is 10.1 Å². The monoisotopic (exact) mass is 254 g/mol.